The molecule has 0 bridgehead atoms. The second-order valence-electron chi connectivity index (χ2n) is 9.01. The largest absolute Gasteiger partial charge is 0.465 e. The summed E-state index contributed by atoms with van der Waals surface area (Å²) in [7, 11) is 1.29. The van der Waals surface area contributed by atoms with Crippen molar-refractivity contribution in [2.24, 2.45) is 10.8 Å². The summed E-state index contributed by atoms with van der Waals surface area (Å²) >= 11 is 6.19. The number of carbonyl (C=O) groups is 2. The van der Waals surface area contributed by atoms with Crippen molar-refractivity contribution < 1.29 is 19.1 Å². The van der Waals surface area contributed by atoms with Gasteiger partial charge >= 0.3 is 11.9 Å². The molecule has 1 aromatic carbocycles. The van der Waals surface area contributed by atoms with Crippen LogP contribution in [0.4, 0.5) is 0 Å². The minimum atomic E-state index is -0.560. The SMILES string of the molecule is COC(=O)C(=C=C(C)C(=O)OC(C(C)(C)C)C(C)(C)C)Cc1ccccc1Cl. The van der Waals surface area contributed by atoms with E-state index in [9.17, 15) is 9.59 Å². The molecule has 0 N–H and O–H groups in total. The minimum absolute atomic E-state index is 0.207. The third-order valence-corrected chi connectivity index (χ3v) is 4.57. The molecule has 0 aliphatic carbocycles. The van der Waals surface area contributed by atoms with E-state index >= 15 is 0 Å². The highest BCUT2D eigenvalue weighted by Gasteiger charge is 2.38. The quantitative estimate of drug-likeness (QED) is 0.366. The van der Waals surface area contributed by atoms with E-state index in [-0.39, 0.29) is 34.5 Å². The molecule has 0 unspecified atom stereocenters. The van der Waals surface area contributed by atoms with Crippen molar-refractivity contribution in [3.05, 3.63) is 51.7 Å². The average Bonchev–Trinajstić information content (AvgIpc) is 2.57. The number of carbonyl (C=O) groups excluding carboxylic acids is 2. The molecule has 1 rings (SSSR count). The van der Waals surface area contributed by atoms with Crippen LogP contribution in [0.3, 0.4) is 0 Å². The first-order valence-electron chi connectivity index (χ1n) is 9.26. The van der Waals surface area contributed by atoms with E-state index in [0.717, 1.165) is 5.56 Å². The van der Waals surface area contributed by atoms with Gasteiger partial charge in [0.05, 0.1) is 18.3 Å². The van der Waals surface area contributed by atoms with Crippen LogP contribution in [0.5, 0.6) is 0 Å². The zero-order valence-corrected chi connectivity index (χ0v) is 18.9. The lowest BCUT2D eigenvalue weighted by Crippen LogP contribution is -2.42. The highest BCUT2D eigenvalue weighted by Crippen LogP contribution is 2.36. The first-order chi connectivity index (χ1) is 12.8. The van der Waals surface area contributed by atoms with Crippen LogP contribution in [0.25, 0.3) is 0 Å². The van der Waals surface area contributed by atoms with Gasteiger partial charge < -0.3 is 9.47 Å². The molecule has 154 valence electrons. The number of hydrogen-bond acceptors (Lipinski definition) is 4. The number of rotatable bonds is 5. The number of methoxy groups -OCH3 is 1. The Morgan fingerprint density at radius 1 is 1.04 bits per heavy atom. The third-order valence-electron chi connectivity index (χ3n) is 4.20. The maximum Gasteiger partial charge on any atom is 0.341 e. The fourth-order valence-corrected chi connectivity index (χ4v) is 3.45. The third kappa shape index (κ3) is 6.85. The molecule has 1 aromatic rings. The van der Waals surface area contributed by atoms with Crippen LogP contribution >= 0.6 is 11.6 Å². The molecule has 28 heavy (non-hydrogen) atoms. The lowest BCUT2D eigenvalue weighted by atomic mass is 9.74. The number of ether oxygens (including phenoxy) is 2. The Labute approximate surface area is 173 Å². The average molecular weight is 407 g/mol. The Kier molecular flexibility index (Phi) is 8.10. The molecule has 0 spiro atoms. The smallest absolute Gasteiger partial charge is 0.341 e. The summed E-state index contributed by atoms with van der Waals surface area (Å²) in [4.78, 5) is 24.9. The zero-order chi connectivity index (χ0) is 21.7. The molecule has 0 aromatic heterocycles. The number of benzene rings is 1. The van der Waals surface area contributed by atoms with E-state index in [1.807, 2.05) is 59.7 Å². The van der Waals surface area contributed by atoms with Crippen molar-refractivity contribution in [3.8, 4) is 0 Å². The summed E-state index contributed by atoms with van der Waals surface area (Å²) in [5.41, 5.74) is 3.59. The molecule has 0 aliphatic heterocycles. The molecule has 5 heteroatoms. The maximum absolute atomic E-state index is 12.7. The van der Waals surface area contributed by atoms with Gasteiger partial charge in [-0.05, 0) is 29.4 Å². The van der Waals surface area contributed by atoms with E-state index in [0.29, 0.717) is 5.02 Å². The number of esters is 2. The second-order valence-corrected chi connectivity index (χ2v) is 9.41. The Hall–Kier alpha value is -2.03. The summed E-state index contributed by atoms with van der Waals surface area (Å²) in [6, 6.07) is 7.20. The first kappa shape index (κ1) is 24.0. The molecule has 4 nitrogen and oxygen atoms in total. The van der Waals surface area contributed by atoms with Crippen molar-refractivity contribution >= 4 is 23.5 Å². The molecule has 0 atom stereocenters. The summed E-state index contributed by atoms with van der Waals surface area (Å²) in [6.07, 6.45) is -0.103. The molecule has 0 saturated heterocycles. The van der Waals surface area contributed by atoms with Crippen molar-refractivity contribution in [1.29, 1.82) is 0 Å². The maximum atomic E-state index is 12.7. The molecule has 0 amide bonds. The summed E-state index contributed by atoms with van der Waals surface area (Å²) in [6.45, 7) is 13.8. The number of halogens is 1. The Morgan fingerprint density at radius 3 is 2.04 bits per heavy atom. The summed E-state index contributed by atoms with van der Waals surface area (Å²) < 4.78 is 10.6. The van der Waals surface area contributed by atoms with Crippen molar-refractivity contribution in [1.82, 2.24) is 0 Å². The predicted molar refractivity (Wildman–Crippen MR) is 112 cm³/mol. The van der Waals surface area contributed by atoms with Gasteiger partial charge in [-0.2, -0.15) is 0 Å². The van der Waals surface area contributed by atoms with Crippen LogP contribution in [0, 0.1) is 10.8 Å². The molecular weight excluding hydrogens is 376 g/mol. The summed E-state index contributed by atoms with van der Waals surface area (Å²) in [5, 5.41) is 0.534. The fraction of sp³-hybridized carbons (Fsp3) is 0.522. The van der Waals surface area contributed by atoms with E-state index < -0.39 is 11.9 Å². The molecule has 0 fully saturated rings. The molecular formula is C23H31ClO4. The van der Waals surface area contributed by atoms with Crippen LogP contribution in [0.2, 0.25) is 5.02 Å². The highest BCUT2D eigenvalue weighted by atomic mass is 35.5. The highest BCUT2D eigenvalue weighted by molar-refractivity contribution is 6.31. The molecule has 0 heterocycles. The van der Waals surface area contributed by atoms with E-state index in [1.165, 1.54) is 7.11 Å². The van der Waals surface area contributed by atoms with Crippen molar-refractivity contribution in [2.75, 3.05) is 7.11 Å². The second kappa shape index (κ2) is 9.45. The van der Waals surface area contributed by atoms with Gasteiger partial charge in [0.25, 0.3) is 0 Å². The van der Waals surface area contributed by atoms with Crippen LogP contribution in [0.1, 0.15) is 54.0 Å². The Bertz CT molecular complexity index is 774. The topological polar surface area (TPSA) is 52.6 Å². The van der Waals surface area contributed by atoms with Gasteiger partial charge in [-0.3, -0.25) is 0 Å². The molecule has 0 saturated carbocycles. The van der Waals surface area contributed by atoms with Crippen LogP contribution in [-0.4, -0.2) is 25.2 Å². The van der Waals surface area contributed by atoms with Crippen molar-refractivity contribution in [3.63, 3.8) is 0 Å². The molecule has 0 aliphatic rings. The molecule has 0 radical (unpaired) electrons. The van der Waals surface area contributed by atoms with Gasteiger partial charge in [-0.1, -0.05) is 77.1 Å². The van der Waals surface area contributed by atoms with Crippen LogP contribution in [-0.2, 0) is 25.5 Å². The van der Waals surface area contributed by atoms with E-state index in [4.69, 9.17) is 21.1 Å². The first-order valence-corrected chi connectivity index (χ1v) is 9.64. The van der Waals surface area contributed by atoms with E-state index in [1.54, 1.807) is 13.0 Å². The normalized spacial score (nSPS) is 11.6. The standard InChI is InChI=1S/C23H31ClO4/c1-15(19(25)28-21(22(2,3)4)23(5,6)7)13-17(20(26)27-8)14-16-11-9-10-12-18(16)24/h9-12,21H,14H2,1-8H3. The van der Waals surface area contributed by atoms with E-state index in [2.05, 4.69) is 5.73 Å². The summed E-state index contributed by atoms with van der Waals surface area (Å²) in [5.74, 6) is -1.06. The Morgan fingerprint density at radius 2 is 1.57 bits per heavy atom. The van der Waals surface area contributed by atoms with Crippen molar-refractivity contribution in [2.45, 2.75) is 61.0 Å². The number of hydrogen-bond donors (Lipinski definition) is 0. The Balaban J connectivity index is 3.27. The van der Waals surface area contributed by atoms with Gasteiger partial charge in [0.1, 0.15) is 6.10 Å². The lowest BCUT2D eigenvalue weighted by Gasteiger charge is -2.39. The van der Waals surface area contributed by atoms with Gasteiger partial charge in [-0.15, -0.1) is 0 Å². The monoisotopic (exact) mass is 406 g/mol. The van der Waals surface area contributed by atoms with Gasteiger partial charge in [-0.25, -0.2) is 9.59 Å². The lowest BCUT2D eigenvalue weighted by molar-refractivity contribution is -0.158. The van der Waals surface area contributed by atoms with Gasteiger partial charge in [0, 0.05) is 11.4 Å². The zero-order valence-electron chi connectivity index (χ0n) is 18.1. The fourth-order valence-electron chi connectivity index (χ4n) is 3.25. The van der Waals surface area contributed by atoms with Crippen LogP contribution < -0.4 is 0 Å². The van der Waals surface area contributed by atoms with Gasteiger partial charge in [0.2, 0.25) is 0 Å². The van der Waals surface area contributed by atoms with Gasteiger partial charge in [0.15, 0.2) is 0 Å². The minimum Gasteiger partial charge on any atom is -0.465 e. The predicted octanol–water partition coefficient (Wildman–Crippen LogP) is 5.53. The van der Waals surface area contributed by atoms with Crippen LogP contribution in [0.15, 0.2) is 41.1 Å².